The average Bonchev–Trinajstić information content (AvgIpc) is 3.88. The third-order valence-corrected chi connectivity index (χ3v) is 16.3. The van der Waals surface area contributed by atoms with E-state index < -0.39 is 5.41 Å². The van der Waals surface area contributed by atoms with Gasteiger partial charge in [0.2, 0.25) is 0 Å². The van der Waals surface area contributed by atoms with Crippen LogP contribution >= 0.6 is 11.8 Å². The summed E-state index contributed by atoms with van der Waals surface area (Å²) in [5.74, 6) is 1.19. The summed E-state index contributed by atoms with van der Waals surface area (Å²) in [5.41, 5.74) is 16.4. The van der Waals surface area contributed by atoms with Crippen LogP contribution in [0.1, 0.15) is 58.8 Å². The molecule has 0 aliphatic carbocycles. The van der Waals surface area contributed by atoms with Gasteiger partial charge in [-0.05, 0) is 87.8 Å². The smallest absolute Gasteiger partial charge is 0.155 e. The first-order valence-electron chi connectivity index (χ1n) is 23.4. The average molecular weight is 877 g/mol. The van der Waals surface area contributed by atoms with Crippen molar-refractivity contribution in [3.8, 4) is 11.4 Å². The van der Waals surface area contributed by atoms with Crippen molar-refractivity contribution >= 4 is 66.9 Å². The highest BCUT2D eigenvalue weighted by Crippen LogP contribution is 2.62. The van der Waals surface area contributed by atoms with Gasteiger partial charge < -0.3 is 9.13 Å². The molecule has 0 saturated carbocycles. The maximum absolute atomic E-state index is 5.52. The fourth-order valence-electron chi connectivity index (χ4n) is 12.0. The lowest BCUT2D eigenvalue weighted by Crippen LogP contribution is -2.37. The van der Waals surface area contributed by atoms with Gasteiger partial charge in [0.25, 0.3) is 0 Å². The van der Waals surface area contributed by atoms with Crippen molar-refractivity contribution in [3.63, 3.8) is 0 Å². The Bertz CT molecular complexity index is 3880. The molecule has 0 radical (unpaired) electrons. The molecule has 9 aromatic carbocycles. The molecular weight excluding hydrogens is 833 g/mol. The van der Waals surface area contributed by atoms with Crippen molar-refractivity contribution in [1.29, 1.82) is 0 Å². The summed E-state index contributed by atoms with van der Waals surface area (Å²) in [6.45, 7) is 4.63. The van der Waals surface area contributed by atoms with Crippen LogP contribution in [0.3, 0.4) is 0 Å². The molecule has 11 aromatic rings. The number of para-hydroxylation sites is 4. The Morgan fingerprint density at radius 1 is 0.463 bits per heavy atom. The quantitative estimate of drug-likeness (QED) is 0.173. The first-order chi connectivity index (χ1) is 33.1. The van der Waals surface area contributed by atoms with E-state index in [1.54, 1.807) is 0 Å². The molecule has 67 heavy (non-hydrogen) atoms. The molecule has 318 valence electrons. The molecule has 0 bridgehead atoms. The predicted molar refractivity (Wildman–Crippen MR) is 278 cm³/mol. The molecule has 4 atom stereocenters. The van der Waals surface area contributed by atoms with Gasteiger partial charge in [0, 0.05) is 48.5 Å². The third-order valence-electron chi connectivity index (χ3n) is 15.1. The number of nitrogens with zero attached hydrogens (tertiary/aromatic N) is 4. The number of benzene rings is 9. The summed E-state index contributed by atoms with van der Waals surface area (Å²) in [6, 6.07) is 78.3. The highest BCUT2D eigenvalue weighted by Gasteiger charge is 2.50. The molecule has 1 spiro atoms. The van der Waals surface area contributed by atoms with Crippen molar-refractivity contribution in [2.75, 3.05) is 0 Å². The zero-order valence-electron chi connectivity index (χ0n) is 37.1. The number of rotatable bonds is 4. The van der Waals surface area contributed by atoms with E-state index in [-0.39, 0.29) is 17.9 Å². The van der Waals surface area contributed by atoms with Crippen LogP contribution in [0.15, 0.2) is 232 Å². The maximum atomic E-state index is 5.52. The lowest BCUT2D eigenvalue weighted by molar-refractivity contribution is 0.406. The van der Waals surface area contributed by atoms with Gasteiger partial charge >= 0.3 is 0 Å². The van der Waals surface area contributed by atoms with Crippen LogP contribution in [-0.2, 0) is 5.41 Å². The van der Waals surface area contributed by atoms with Gasteiger partial charge in [0.1, 0.15) is 0 Å². The lowest BCUT2D eigenvalue weighted by atomic mass is 9.62. The number of hydrogen-bond acceptors (Lipinski definition) is 3. The van der Waals surface area contributed by atoms with Gasteiger partial charge in [-0.25, -0.2) is 4.99 Å². The minimum Gasteiger partial charge on any atom is -0.309 e. The Morgan fingerprint density at radius 3 is 1.85 bits per heavy atom. The summed E-state index contributed by atoms with van der Waals surface area (Å²) < 4.78 is 5.04. The lowest BCUT2D eigenvalue weighted by Gasteiger charge is -2.45. The zero-order valence-corrected chi connectivity index (χ0v) is 38.0. The standard InChI is InChI=1S/C62H44N4S/c1-38-39(2)57(41-20-7-4-8-21-41)64-61(63-56(38)40-18-5-3-6-19-40)42-32-34-43(35-33-42)65-52-28-13-9-23-45(52)47-36-37-51-60(59(47)65)67-55-31-16-12-26-49(55)62(51)48-25-11-15-30-54(48)66-53-29-14-10-22-44(53)46-24-17-27-50(62)58(46)66/h3-39,56H,1-2H3. The number of aliphatic imine (C=N–C) groups is 2. The summed E-state index contributed by atoms with van der Waals surface area (Å²) in [6.07, 6.45) is 0. The Morgan fingerprint density at radius 2 is 1.07 bits per heavy atom. The Hall–Kier alpha value is -7.73. The van der Waals surface area contributed by atoms with E-state index in [0.29, 0.717) is 0 Å². The maximum Gasteiger partial charge on any atom is 0.155 e. The molecule has 5 heteroatoms. The van der Waals surface area contributed by atoms with Gasteiger partial charge in [-0.15, -0.1) is 0 Å². The van der Waals surface area contributed by atoms with Crippen molar-refractivity contribution in [3.05, 3.63) is 251 Å². The van der Waals surface area contributed by atoms with Crippen molar-refractivity contribution in [2.24, 2.45) is 21.8 Å². The highest BCUT2D eigenvalue weighted by atomic mass is 32.2. The molecule has 3 aliphatic heterocycles. The fraction of sp³-hybridized carbons (Fsp3) is 0.0968. The molecule has 0 saturated heterocycles. The molecule has 3 aliphatic rings. The minimum atomic E-state index is -0.577. The Kier molecular flexibility index (Phi) is 8.42. The van der Waals surface area contributed by atoms with E-state index in [1.165, 1.54) is 86.9 Å². The SMILES string of the molecule is CC1C(c2ccccc2)=NC(c2ccc(-n3c4ccccc4c4ccc5c(c43)Sc3ccccc3C53c4ccccc4-n4c5ccccc5c5cccc3c54)cc2)=NC(c2ccccc2)C1C. The number of fused-ring (bicyclic) bond motifs is 15. The van der Waals surface area contributed by atoms with Crippen molar-refractivity contribution in [2.45, 2.75) is 35.1 Å². The normalized spacial score (nSPS) is 19.5. The molecular formula is C62H44N4S. The van der Waals surface area contributed by atoms with Crippen LogP contribution in [0.4, 0.5) is 0 Å². The molecule has 14 rings (SSSR count). The van der Waals surface area contributed by atoms with E-state index >= 15 is 0 Å². The van der Waals surface area contributed by atoms with Crippen molar-refractivity contribution in [1.82, 2.24) is 9.13 Å². The molecule has 4 nitrogen and oxygen atoms in total. The molecule has 2 aromatic heterocycles. The summed E-state index contributed by atoms with van der Waals surface area (Å²) in [4.78, 5) is 13.5. The molecule has 0 amide bonds. The summed E-state index contributed by atoms with van der Waals surface area (Å²) in [7, 11) is 0. The van der Waals surface area contributed by atoms with E-state index in [0.717, 1.165) is 28.4 Å². The third kappa shape index (κ3) is 5.38. The van der Waals surface area contributed by atoms with Crippen LogP contribution in [0.2, 0.25) is 0 Å². The molecule has 0 N–H and O–H groups in total. The topological polar surface area (TPSA) is 34.6 Å². The van der Waals surface area contributed by atoms with E-state index in [2.05, 4.69) is 235 Å². The minimum absolute atomic E-state index is 0.0380. The summed E-state index contributed by atoms with van der Waals surface area (Å²) in [5, 5.41) is 5.05. The Balaban J connectivity index is 1.01. The van der Waals surface area contributed by atoms with Gasteiger partial charge in [0.05, 0.1) is 44.9 Å². The Labute approximate surface area is 393 Å². The van der Waals surface area contributed by atoms with E-state index in [1.807, 2.05) is 11.8 Å². The van der Waals surface area contributed by atoms with Gasteiger partial charge in [-0.3, -0.25) is 4.99 Å². The van der Waals surface area contributed by atoms with Crippen molar-refractivity contribution < 1.29 is 0 Å². The first-order valence-corrected chi connectivity index (χ1v) is 24.3. The van der Waals surface area contributed by atoms with E-state index in [4.69, 9.17) is 9.98 Å². The van der Waals surface area contributed by atoms with Crippen LogP contribution in [0.25, 0.3) is 55.0 Å². The largest absolute Gasteiger partial charge is 0.309 e. The molecule has 5 heterocycles. The van der Waals surface area contributed by atoms with Crippen LogP contribution in [-0.4, -0.2) is 20.7 Å². The second-order valence-corrected chi connectivity index (χ2v) is 19.5. The van der Waals surface area contributed by atoms with Gasteiger partial charge in [-0.1, -0.05) is 189 Å². The first kappa shape index (κ1) is 38.5. The highest BCUT2D eigenvalue weighted by molar-refractivity contribution is 7.99. The summed E-state index contributed by atoms with van der Waals surface area (Å²) >= 11 is 1.91. The molecule has 4 unspecified atom stereocenters. The second-order valence-electron chi connectivity index (χ2n) is 18.5. The van der Waals surface area contributed by atoms with Crippen LogP contribution in [0.5, 0.6) is 0 Å². The number of amidine groups is 1. The van der Waals surface area contributed by atoms with E-state index in [9.17, 15) is 0 Å². The van der Waals surface area contributed by atoms with Gasteiger partial charge in [0.15, 0.2) is 5.84 Å². The predicted octanol–water partition coefficient (Wildman–Crippen LogP) is 15.3. The number of aromatic nitrogens is 2. The molecule has 0 fully saturated rings. The second kappa shape index (κ2) is 14.6. The zero-order chi connectivity index (χ0) is 44.4. The van der Waals surface area contributed by atoms with Gasteiger partial charge in [-0.2, -0.15) is 0 Å². The number of hydrogen-bond donors (Lipinski definition) is 0. The van der Waals surface area contributed by atoms with Crippen LogP contribution < -0.4 is 0 Å². The monoisotopic (exact) mass is 876 g/mol. The fourth-order valence-corrected chi connectivity index (χ4v) is 13.3. The van der Waals surface area contributed by atoms with Crippen LogP contribution in [0, 0.1) is 11.8 Å².